The van der Waals surface area contributed by atoms with Gasteiger partial charge in [0.1, 0.15) is 38.4 Å². The van der Waals surface area contributed by atoms with E-state index in [4.69, 9.17) is 18.9 Å². The highest BCUT2D eigenvalue weighted by molar-refractivity contribution is 5.98. The largest absolute Gasteiger partial charge is 0.633 e. The molecule has 2 aliphatic rings. The molecule has 2 aliphatic heterocycles. The van der Waals surface area contributed by atoms with Gasteiger partial charge in [0.15, 0.2) is 11.5 Å². The van der Waals surface area contributed by atoms with Gasteiger partial charge in [0.2, 0.25) is 0 Å². The monoisotopic (exact) mass is 449 g/mol. The molecular weight excluding hydrogens is 418 g/mol. The maximum Gasteiger partial charge on any atom is 0.342 e. The Kier molecular flexibility index (Phi) is 7.76. The standard InChI is InChI=1S/C23H31NO8/c1-15(5-7-19(25)31-13-10-24(28)8-11-30-12-9-24)4-6-17-16(2)18-14-32-23(27)20(18)21(26)22(17)29-3/h4,26H,5-14H2,1-3H3/b15-4+. The number of phenolic OH excluding ortho intramolecular Hbond substituents is 1. The van der Waals surface area contributed by atoms with Crippen LogP contribution in [0.25, 0.3) is 0 Å². The van der Waals surface area contributed by atoms with Gasteiger partial charge in [-0.05, 0) is 32.3 Å². The first-order valence-corrected chi connectivity index (χ1v) is 10.8. The fourth-order valence-electron chi connectivity index (χ4n) is 3.99. The van der Waals surface area contributed by atoms with Gasteiger partial charge in [0.05, 0.1) is 20.3 Å². The lowest BCUT2D eigenvalue weighted by Gasteiger charge is -2.44. The zero-order valence-corrected chi connectivity index (χ0v) is 18.9. The maximum absolute atomic E-state index is 12.4. The van der Waals surface area contributed by atoms with Crippen LogP contribution in [-0.2, 0) is 32.0 Å². The smallest absolute Gasteiger partial charge is 0.342 e. The highest BCUT2D eigenvalue weighted by atomic mass is 16.6. The van der Waals surface area contributed by atoms with Crippen LogP contribution in [0.1, 0.15) is 46.8 Å². The van der Waals surface area contributed by atoms with Crippen molar-refractivity contribution in [2.24, 2.45) is 0 Å². The van der Waals surface area contributed by atoms with E-state index in [2.05, 4.69) is 0 Å². The topological polar surface area (TPSA) is 114 Å². The number of hydrogen-bond donors (Lipinski definition) is 1. The molecule has 2 heterocycles. The van der Waals surface area contributed by atoms with Crippen molar-refractivity contribution in [3.8, 4) is 11.5 Å². The van der Waals surface area contributed by atoms with Gasteiger partial charge >= 0.3 is 11.9 Å². The number of morpholine rings is 1. The predicted octanol–water partition coefficient (Wildman–Crippen LogP) is 2.54. The molecule has 1 N–H and O–H groups in total. The first kappa shape index (κ1) is 24.0. The number of nitrogens with zero attached hydrogens (tertiary/aromatic N) is 1. The Hall–Kier alpha value is -2.62. The molecule has 1 aromatic rings. The van der Waals surface area contributed by atoms with E-state index in [-0.39, 0.29) is 53.9 Å². The Morgan fingerprint density at radius 3 is 2.69 bits per heavy atom. The van der Waals surface area contributed by atoms with E-state index in [0.717, 1.165) is 16.7 Å². The second-order valence-electron chi connectivity index (χ2n) is 8.23. The van der Waals surface area contributed by atoms with Crippen molar-refractivity contribution in [2.75, 3.05) is 46.6 Å². The van der Waals surface area contributed by atoms with Gasteiger partial charge in [-0.25, -0.2) is 4.79 Å². The number of phenols is 1. The number of hydroxylamine groups is 3. The van der Waals surface area contributed by atoms with E-state index in [1.807, 2.05) is 19.9 Å². The minimum Gasteiger partial charge on any atom is -0.633 e. The fourth-order valence-corrected chi connectivity index (χ4v) is 3.99. The van der Waals surface area contributed by atoms with Crippen molar-refractivity contribution in [1.82, 2.24) is 0 Å². The number of allylic oxidation sites excluding steroid dienone is 2. The normalized spacial score (nSPS) is 17.6. The van der Waals surface area contributed by atoms with Crippen LogP contribution in [0.3, 0.4) is 0 Å². The molecule has 3 rings (SSSR count). The number of carbonyl (C=O) groups is 2. The molecule has 0 radical (unpaired) electrons. The van der Waals surface area contributed by atoms with E-state index in [0.29, 0.717) is 44.7 Å². The second kappa shape index (κ2) is 10.3. The minimum atomic E-state index is -0.547. The molecule has 0 bridgehead atoms. The highest BCUT2D eigenvalue weighted by Crippen LogP contribution is 2.42. The summed E-state index contributed by atoms with van der Waals surface area (Å²) in [5, 5.41) is 22.9. The zero-order chi connectivity index (χ0) is 23.3. The summed E-state index contributed by atoms with van der Waals surface area (Å²) >= 11 is 0. The van der Waals surface area contributed by atoms with Gasteiger partial charge in [-0.3, -0.25) is 4.79 Å². The van der Waals surface area contributed by atoms with Crippen molar-refractivity contribution in [2.45, 2.75) is 39.7 Å². The third kappa shape index (κ3) is 5.40. The molecule has 1 saturated heterocycles. The van der Waals surface area contributed by atoms with Crippen LogP contribution in [0.4, 0.5) is 0 Å². The number of hydrogen-bond acceptors (Lipinski definition) is 8. The third-order valence-electron chi connectivity index (χ3n) is 6.12. The highest BCUT2D eigenvalue weighted by Gasteiger charge is 2.32. The SMILES string of the molecule is COc1c(O)c2c(c(C)c1C/C=C(\C)CCC(=O)OCC[N+]1([O-])CCOCC1)COC2=O. The first-order valence-electron chi connectivity index (χ1n) is 10.8. The number of carbonyl (C=O) groups excluding carboxylic acids is 2. The lowest BCUT2D eigenvalue weighted by molar-refractivity contribution is -0.888. The number of ether oxygens (including phenoxy) is 4. The predicted molar refractivity (Wildman–Crippen MR) is 115 cm³/mol. The average Bonchev–Trinajstić information content (AvgIpc) is 3.16. The Balaban J connectivity index is 1.53. The van der Waals surface area contributed by atoms with Crippen LogP contribution in [0.15, 0.2) is 11.6 Å². The fraction of sp³-hybridized carbons (Fsp3) is 0.565. The summed E-state index contributed by atoms with van der Waals surface area (Å²) in [7, 11) is 1.45. The second-order valence-corrected chi connectivity index (χ2v) is 8.23. The molecule has 1 fully saturated rings. The van der Waals surface area contributed by atoms with Crippen molar-refractivity contribution >= 4 is 11.9 Å². The van der Waals surface area contributed by atoms with Crippen molar-refractivity contribution < 1.29 is 38.3 Å². The summed E-state index contributed by atoms with van der Waals surface area (Å²) in [6.07, 6.45) is 3.18. The lowest BCUT2D eigenvalue weighted by Crippen LogP contribution is -2.52. The number of esters is 2. The summed E-state index contributed by atoms with van der Waals surface area (Å²) in [5.74, 6) is -0.813. The van der Waals surface area contributed by atoms with E-state index >= 15 is 0 Å². The number of cyclic esters (lactones) is 1. The zero-order valence-electron chi connectivity index (χ0n) is 18.9. The van der Waals surface area contributed by atoms with Crippen LogP contribution in [-0.4, -0.2) is 68.3 Å². The van der Waals surface area contributed by atoms with Gasteiger partial charge in [-0.2, -0.15) is 0 Å². The molecule has 176 valence electrons. The van der Waals surface area contributed by atoms with Crippen LogP contribution < -0.4 is 4.74 Å². The Morgan fingerprint density at radius 1 is 1.28 bits per heavy atom. The third-order valence-corrected chi connectivity index (χ3v) is 6.12. The van der Waals surface area contributed by atoms with Crippen LogP contribution in [0.5, 0.6) is 11.5 Å². The van der Waals surface area contributed by atoms with Crippen LogP contribution in [0.2, 0.25) is 0 Å². The molecule has 0 amide bonds. The van der Waals surface area contributed by atoms with Gasteiger partial charge in [-0.15, -0.1) is 0 Å². The Bertz CT molecular complexity index is 902. The van der Waals surface area contributed by atoms with E-state index in [1.54, 1.807) is 0 Å². The number of fused-ring (bicyclic) bond motifs is 1. The molecular formula is C23H31NO8. The van der Waals surface area contributed by atoms with Gasteiger partial charge in [0.25, 0.3) is 0 Å². The molecule has 0 atom stereocenters. The molecule has 9 nitrogen and oxygen atoms in total. The summed E-state index contributed by atoms with van der Waals surface area (Å²) in [6.45, 7) is 5.94. The lowest BCUT2D eigenvalue weighted by atomic mass is 9.93. The van der Waals surface area contributed by atoms with Crippen LogP contribution in [0, 0.1) is 12.1 Å². The van der Waals surface area contributed by atoms with Gasteiger partial charge in [-0.1, -0.05) is 11.6 Å². The molecule has 9 heteroatoms. The number of methoxy groups -OCH3 is 1. The van der Waals surface area contributed by atoms with Crippen LogP contribution >= 0.6 is 0 Å². The summed E-state index contributed by atoms with van der Waals surface area (Å²) in [4.78, 5) is 23.9. The summed E-state index contributed by atoms with van der Waals surface area (Å²) < 4.78 is 20.5. The van der Waals surface area contributed by atoms with E-state index in [9.17, 15) is 19.9 Å². The van der Waals surface area contributed by atoms with E-state index < -0.39 is 5.97 Å². The van der Waals surface area contributed by atoms with Gasteiger partial charge < -0.3 is 33.9 Å². The molecule has 0 spiro atoms. The molecule has 0 aliphatic carbocycles. The quantitative estimate of drug-likeness (QED) is 0.265. The number of benzene rings is 1. The Labute approximate surface area is 187 Å². The molecule has 32 heavy (non-hydrogen) atoms. The van der Waals surface area contributed by atoms with Crippen molar-refractivity contribution in [1.29, 1.82) is 0 Å². The van der Waals surface area contributed by atoms with Crippen molar-refractivity contribution in [3.05, 3.63) is 39.1 Å². The van der Waals surface area contributed by atoms with Gasteiger partial charge in [0, 0.05) is 17.5 Å². The first-order chi connectivity index (χ1) is 15.3. The maximum atomic E-state index is 12.4. The molecule has 1 aromatic carbocycles. The molecule has 0 saturated carbocycles. The van der Waals surface area contributed by atoms with E-state index in [1.165, 1.54) is 7.11 Å². The summed E-state index contributed by atoms with van der Waals surface area (Å²) in [6, 6.07) is 0. The van der Waals surface area contributed by atoms with Crippen molar-refractivity contribution in [3.63, 3.8) is 0 Å². The Morgan fingerprint density at radius 2 is 2.00 bits per heavy atom. The number of quaternary nitrogens is 1. The average molecular weight is 450 g/mol. The number of aromatic hydroxyl groups is 1. The molecule has 0 unspecified atom stereocenters. The number of rotatable bonds is 9. The minimum absolute atomic E-state index is 0.108. The molecule has 0 aromatic heterocycles. The summed E-state index contributed by atoms with van der Waals surface area (Å²) in [5.41, 5.74) is 3.46.